The van der Waals surface area contributed by atoms with Gasteiger partial charge in [-0.2, -0.15) is 0 Å². The van der Waals surface area contributed by atoms with Gasteiger partial charge in [-0.05, 0) is 49.3 Å². The van der Waals surface area contributed by atoms with Crippen LogP contribution in [0.2, 0.25) is 0 Å². The smallest absolute Gasteiger partial charge is 0.223 e. The highest BCUT2D eigenvalue weighted by atomic mass is 32.1. The molecule has 0 unspecified atom stereocenters. The minimum absolute atomic E-state index is 0.163. The van der Waals surface area contributed by atoms with E-state index in [0.29, 0.717) is 13.2 Å². The number of aromatic nitrogens is 1. The molecule has 3 N–H and O–H groups in total. The Kier molecular flexibility index (Phi) is 5.95. The fourth-order valence-electron chi connectivity index (χ4n) is 5.09. The normalized spacial score (nSPS) is 24.1. The lowest BCUT2D eigenvalue weighted by atomic mass is 9.67. The Morgan fingerprint density at radius 2 is 2.07 bits per heavy atom. The molecule has 4 rings (SSSR count). The van der Waals surface area contributed by atoms with Crippen molar-refractivity contribution < 1.29 is 19.7 Å². The third-order valence-electron chi connectivity index (χ3n) is 6.41. The Hall–Kier alpha value is -1.51. The van der Waals surface area contributed by atoms with E-state index in [1.807, 2.05) is 29.6 Å². The molecule has 2 aromatic heterocycles. The molecule has 1 saturated heterocycles. The Morgan fingerprint density at radius 3 is 2.79 bits per heavy atom. The minimum Gasteiger partial charge on any atom is -0.496 e. The number of methoxy groups -OCH3 is 1. The molecule has 2 fully saturated rings. The van der Waals surface area contributed by atoms with Gasteiger partial charge in [0.2, 0.25) is 5.91 Å². The molecular weight excluding hydrogens is 388 g/mol. The summed E-state index contributed by atoms with van der Waals surface area (Å²) < 4.78 is 11.6. The van der Waals surface area contributed by atoms with Crippen LogP contribution in [0.5, 0.6) is 5.75 Å². The van der Waals surface area contributed by atoms with Gasteiger partial charge in [0.05, 0.1) is 17.6 Å². The number of rotatable bonds is 7. The van der Waals surface area contributed by atoms with Gasteiger partial charge >= 0.3 is 0 Å². The zero-order chi connectivity index (χ0) is 20.4. The Labute approximate surface area is 175 Å². The lowest BCUT2D eigenvalue weighted by Crippen LogP contribution is -2.54. The highest BCUT2D eigenvalue weighted by molar-refractivity contribution is 7.10. The first-order chi connectivity index (χ1) is 14.0. The van der Waals surface area contributed by atoms with Crippen LogP contribution in [0.4, 0.5) is 0 Å². The highest BCUT2D eigenvalue weighted by Gasteiger charge is 2.51. The summed E-state index contributed by atoms with van der Waals surface area (Å²) in [6.07, 6.45) is 7.83. The van der Waals surface area contributed by atoms with Crippen molar-refractivity contribution in [3.05, 3.63) is 46.4 Å². The molecule has 2 aromatic rings. The Balaban J connectivity index is 1.56. The van der Waals surface area contributed by atoms with Crippen LogP contribution in [0, 0.1) is 0 Å². The minimum atomic E-state index is -2.02. The summed E-state index contributed by atoms with van der Waals surface area (Å²) in [5.74, 6) is -1.27. The van der Waals surface area contributed by atoms with Crippen molar-refractivity contribution in [3.8, 4) is 5.75 Å². The van der Waals surface area contributed by atoms with Gasteiger partial charge in [0.15, 0.2) is 0 Å². The van der Waals surface area contributed by atoms with Gasteiger partial charge in [-0.1, -0.05) is 18.9 Å². The van der Waals surface area contributed by atoms with E-state index in [9.17, 15) is 10.2 Å². The lowest BCUT2D eigenvalue weighted by Gasteiger charge is -2.48. The molecule has 0 aromatic carbocycles. The van der Waals surface area contributed by atoms with E-state index < -0.39 is 11.3 Å². The van der Waals surface area contributed by atoms with Crippen molar-refractivity contribution in [2.24, 2.45) is 0 Å². The predicted molar refractivity (Wildman–Crippen MR) is 112 cm³/mol. The molecule has 7 heteroatoms. The summed E-state index contributed by atoms with van der Waals surface area (Å²) in [4.78, 5) is 5.56. The van der Waals surface area contributed by atoms with E-state index in [-0.39, 0.29) is 12.0 Å². The van der Waals surface area contributed by atoms with Crippen LogP contribution in [0.1, 0.15) is 55.5 Å². The lowest BCUT2D eigenvalue weighted by molar-refractivity contribution is -0.214. The van der Waals surface area contributed by atoms with Crippen LogP contribution in [-0.2, 0) is 16.7 Å². The van der Waals surface area contributed by atoms with Crippen molar-refractivity contribution in [1.29, 1.82) is 0 Å². The second kappa shape index (κ2) is 8.32. The highest BCUT2D eigenvalue weighted by Crippen LogP contribution is 2.50. The molecule has 1 aliphatic carbocycles. The van der Waals surface area contributed by atoms with Gasteiger partial charge < -0.3 is 19.7 Å². The van der Waals surface area contributed by atoms with E-state index in [2.05, 4.69) is 10.3 Å². The standard InChI is InChI=1S/C22H30N2O4S/c1-27-17-7-13-29-18(17)14-24-22(25,26)16-20(19-6-2-5-11-23-19)10-12-28-21(15-20)8-3-4-9-21/h2,5-7,11,13,24-26H,3-4,8-10,12,14-16H2,1H3/t20-/m1/s1. The molecule has 2 aliphatic rings. The number of ether oxygens (including phenoxy) is 2. The first-order valence-corrected chi connectivity index (χ1v) is 11.2. The first-order valence-electron chi connectivity index (χ1n) is 10.3. The van der Waals surface area contributed by atoms with Crippen molar-refractivity contribution in [2.45, 2.75) is 68.4 Å². The molecule has 0 bridgehead atoms. The third kappa shape index (κ3) is 4.49. The maximum atomic E-state index is 10.9. The molecule has 1 saturated carbocycles. The van der Waals surface area contributed by atoms with E-state index in [1.165, 1.54) is 11.3 Å². The largest absolute Gasteiger partial charge is 0.496 e. The molecule has 1 aliphatic heterocycles. The molecular formula is C22H30N2O4S. The zero-order valence-electron chi connectivity index (χ0n) is 16.9. The molecule has 0 radical (unpaired) electrons. The first kappa shape index (κ1) is 20.8. The topological polar surface area (TPSA) is 83.8 Å². The number of hydrogen-bond acceptors (Lipinski definition) is 7. The number of aliphatic hydroxyl groups is 2. The molecule has 1 atom stereocenters. The number of pyridine rings is 1. The van der Waals surface area contributed by atoms with E-state index in [4.69, 9.17) is 9.47 Å². The summed E-state index contributed by atoms with van der Waals surface area (Å²) in [7, 11) is 1.62. The second-order valence-electron chi connectivity index (χ2n) is 8.42. The van der Waals surface area contributed by atoms with Crippen LogP contribution in [0.25, 0.3) is 0 Å². The zero-order valence-corrected chi connectivity index (χ0v) is 17.7. The number of hydrogen-bond donors (Lipinski definition) is 3. The number of thiophene rings is 1. The fourth-order valence-corrected chi connectivity index (χ4v) is 5.87. The molecule has 158 valence electrons. The average Bonchev–Trinajstić information content (AvgIpc) is 3.36. The van der Waals surface area contributed by atoms with E-state index in [1.54, 1.807) is 13.3 Å². The molecule has 0 amide bonds. The summed E-state index contributed by atoms with van der Waals surface area (Å²) in [5.41, 5.74) is 0.306. The van der Waals surface area contributed by atoms with Gasteiger partial charge in [-0.3, -0.25) is 10.3 Å². The van der Waals surface area contributed by atoms with E-state index in [0.717, 1.165) is 54.8 Å². The Morgan fingerprint density at radius 1 is 1.24 bits per heavy atom. The van der Waals surface area contributed by atoms with Crippen molar-refractivity contribution >= 4 is 11.3 Å². The van der Waals surface area contributed by atoms with Gasteiger partial charge in [-0.15, -0.1) is 11.3 Å². The average molecular weight is 419 g/mol. The van der Waals surface area contributed by atoms with Gasteiger partial charge in [-0.25, -0.2) is 0 Å². The van der Waals surface area contributed by atoms with Gasteiger partial charge in [0.25, 0.3) is 0 Å². The molecule has 6 nitrogen and oxygen atoms in total. The van der Waals surface area contributed by atoms with Crippen LogP contribution < -0.4 is 10.1 Å². The van der Waals surface area contributed by atoms with E-state index >= 15 is 0 Å². The molecule has 3 heterocycles. The van der Waals surface area contributed by atoms with Gasteiger partial charge in [0.1, 0.15) is 5.75 Å². The van der Waals surface area contributed by atoms with Crippen molar-refractivity contribution in [3.63, 3.8) is 0 Å². The predicted octanol–water partition coefficient (Wildman–Crippen LogP) is 3.33. The summed E-state index contributed by atoms with van der Waals surface area (Å²) in [6, 6.07) is 7.76. The summed E-state index contributed by atoms with van der Waals surface area (Å²) in [5, 5.41) is 26.7. The van der Waals surface area contributed by atoms with Crippen LogP contribution in [0.3, 0.4) is 0 Å². The number of nitrogens with zero attached hydrogens (tertiary/aromatic N) is 1. The van der Waals surface area contributed by atoms with Crippen molar-refractivity contribution in [1.82, 2.24) is 10.3 Å². The van der Waals surface area contributed by atoms with Crippen LogP contribution in [-0.4, -0.2) is 40.4 Å². The summed E-state index contributed by atoms with van der Waals surface area (Å²) >= 11 is 1.53. The quantitative estimate of drug-likeness (QED) is 0.598. The molecule has 29 heavy (non-hydrogen) atoms. The number of nitrogens with one attached hydrogen (secondary N) is 1. The summed E-state index contributed by atoms with van der Waals surface area (Å²) in [6.45, 7) is 0.944. The second-order valence-corrected chi connectivity index (χ2v) is 9.42. The van der Waals surface area contributed by atoms with Crippen LogP contribution in [0.15, 0.2) is 35.8 Å². The SMILES string of the molecule is COc1ccsc1CNC(O)(O)C[C@@]1(c2ccccn2)CCOC2(CCCC2)C1. The maximum absolute atomic E-state index is 10.9. The van der Waals surface area contributed by atoms with Crippen molar-refractivity contribution in [2.75, 3.05) is 13.7 Å². The fraction of sp³-hybridized carbons (Fsp3) is 0.591. The Bertz CT molecular complexity index is 804. The van der Waals surface area contributed by atoms with Crippen LogP contribution >= 0.6 is 11.3 Å². The molecule has 1 spiro atoms. The van der Waals surface area contributed by atoms with Gasteiger partial charge in [0, 0.05) is 36.9 Å². The maximum Gasteiger partial charge on any atom is 0.223 e. The third-order valence-corrected chi connectivity index (χ3v) is 7.32. The monoisotopic (exact) mass is 418 g/mol.